The van der Waals surface area contributed by atoms with Crippen LogP contribution in [0.3, 0.4) is 0 Å². The molecule has 0 radical (unpaired) electrons. The first-order chi connectivity index (χ1) is 7.46. The molecular formula is C14H29NO. The van der Waals surface area contributed by atoms with Gasteiger partial charge in [0.15, 0.2) is 0 Å². The van der Waals surface area contributed by atoms with Crippen LogP contribution in [0.4, 0.5) is 0 Å². The average molecular weight is 227 g/mol. The molecule has 1 fully saturated rings. The first-order valence-corrected chi connectivity index (χ1v) is 6.87. The van der Waals surface area contributed by atoms with Gasteiger partial charge in [0.1, 0.15) is 0 Å². The fourth-order valence-corrected chi connectivity index (χ4v) is 2.66. The monoisotopic (exact) mass is 227 g/mol. The van der Waals surface area contributed by atoms with E-state index in [9.17, 15) is 0 Å². The van der Waals surface area contributed by atoms with Crippen LogP contribution in [-0.2, 0) is 4.74 Å². The Labute approximate surface area is 101 Å². The van der Waals surface area contributed by atoms with Crippen LogP contribution in [0.5, 0.6) is 0 Å². The summed E-state index contributed by atoms with van der Waals surface area (Å²) in [5, 5.41) is 3.58. The maximum atomic E-state index is 6.21. The van der Waals surface area contributed by atoms with E-state index in [-0.39, 0.29) is 5.60 Å². The molecule has 1 aliphatic carbocycles. The fourth-order valence-electron chi connectivity index (χ4n) is 2.66. The molecule has 16 heavy (non-hydrogen) atoms. The van der Waals surface area contributed by atoms with Crippen LogP contribution >= 0.6 is 0 Å². The van der Waals surface area contributed by atoms with Crippen LogP contribution in [0.1, 0.15) is 60.3 Å². The molecule has 96 valence electrons. The van der Waals surface area contributed by atoms with Gasteiger partial charge < -0.3 is 10.1 Å². The van der Waals surface area contributed by atoms with E-state index < -0.39 is 0 Å². The molecule has 0 aromatic rings. The summed E-state index contributed by atoms with van der Waals surface area (Å²) in [6.07, 6.45) is 5.55. The van der Waals surface area contributed by atoms with Gasteiger partial charge in [-0.15, -0.1) is 0 Å². The third kappa shape index (κ3) is 4.42. The van der Waals surface area contributed by atoms with Gasteiger partial charge in [-0.25, -0.2) is 0 Å². The maximum Gasteiger partial charge on any atom is 0.0737 e. The SMILES string of the molecule is CCNC1CCC(CC)CC1OC(C)(C)C. The largest absolute Gasteiger partial charge is 0.371 e. The first kappa shape index (κ1) is 14.0. The summed E-state index contributed by atoms with van der Waals surface area (Å²) in [6.45, 7) is 12.0. The minimum absolute atomic E-state index is 0.0199. The van der Waals surface area contributed by atoms with Crippen LogP contribution in [0, 0.1) is 5.92 Å². The zero-order valence-corrected chi connectivity index (χ0v) is 11.7. The van der Waals surface area contributed by atoms with Crippen molar-refractivity contribution in [1.82, 2.24) is 5.32 Å². The van der Waals surface area contributed by atoms with Crippen LogP contribution in [0.15, 0.2) is 0 Å². The normalized spacial score (nSPS) is 31.7. The average Bonchev–Trinajstić information content (AvgIpc) is 2.18. The first-order valence-electron chi connectivity index (χ1n) is 6.87. The molecule has 0 saturated heterocycles. The molecule has 0 spiro atoms. The van der Waals surface area contributed by atoms with Gasteiger partial charge in [0, 0.05) is 6.04 Å². The third-order valence-corrected chi connectivity index (χ3v) is 3.45. The molecule has 0 aliphatic heterocycles. The molecule has 0 aromatic heterocycles. The van der Waals surface area contributed by atoms with Crippen molar-refractivity contribution >= 4 is 0 Å². The number of rotatable bonds is 4. The zero-order chi connectivity index (χ0) is 12.2. The number of hydrogen-bond acceptors (Lipinski definition) is 2. The third-order valence-electron chi connectivity index (χ3n) is 3.45. The van der Waals surface area contributed by atoms with E-state index in [1.54, 1.807) is 0 Å². The molecule has 1 N–H and O–H groups in total. The molecular weight excluding hydrogens is 198 g/mol. The topological polar surface area (TPSA) is 21.3 Å². The maximum absolute atomic E-state index is 6.21. The van der Waals surface area contributed by atoms with Crippen molar-refractivity contribution < 1.29 is 4.74 Å². The van der Waals surface area contributed by atoms with Gasteiger partial charge in [-0.2, -0.15) is 0 Å². The van der Waals surface area contributed by atoms with Crippen molar-refractivity contribution in [2.24, 2.45) is 5.92 Å². The molecule has 0 amide bonds. The summed E-state index contributed by atoms with van der Waals surface area (Å²) in [5.74, 6) is 0.863. The van der Waals surface area contributed by atoms with Crippen molar-refractivity contribution in [2.75, 3.05) is 6.54 Å². The molecule has 0 bridgehead atoms. The van der Waals surface area contributed by atoms with E-state index in [2.05, 4.69) is 39.9 Å². The number of hydrogen-bond donors (Lipinski definition) is 1. The quantitative estimate of drug-likeness (QED) is 0.795. The van der Waals surface area contributed by atoms with E-state index >= 15 is 0 Å². The van der Waals surface area contributed by atoms with Gasteiger partial charge >= 0.3 is 0 Å². The van der Waals surface area contributed by atoms with Crippen molar-refractivity contribution in [3.8, 4) is 0 Å². The second-order valence-electron chi connectivity index (χ2n) is 6.02. The highest BCUT2D eigenvalue weighted by molar-refractivity contribution is 4.86. The summed E-state index contributed by atoms with van der Waals surface area (Å²) < 4.78 is 6.21. The highest BCUT2D eigenvalue weighted by Crippen LogP contribution is 2.31. The minimum Gasteiger partial charge on any atom is -0.371 e. The van der Waals surface area contributed by atoms with Crippen LogP contribution in [0.25, 0.3) is 0 Å². The Morgan fingerprint density at radius 3 is 2.38 bits per heavy atom. The zero-order valence-electron chi connectivity index (χ0n) is 11.7. The molecule has 1 rings (SSSR count). The Hall–Kier alpha value is -0.0800. The van der Waals surface area contributed by atoms with Crippen molar-refractivity contribution in [2.45, 2.75) is 78.0 Å². The number of nitrogens with one attached hydrogen (secondary N) is 1. The Kier molecular flexibility index (Phi) is 5.26. The van der Waals surface area contributed by atoms with Gasteiger partial charge in [0.05, 0.1) is 11.7 Å². The summed E-state index contributed by atoms with van der Waals surface area (Å²) in [4.78, 5) is 0. The molecule has 2 nitrogen and oxygen atoms in total. The van der Waals surface area contributed by atoms with Crippen LogP contribution in [-0.4, -0.2) is 24.3 Å². The van der Waals surface area contributed by atoms with E-state index in [1.165, 1.54) is 25.7 Å². The number of ether oxygens (including phenoxy) is 1. The predicted molar refractivity (Wildman–Crippen MR) is 69.7 cm³/mol. The van der Waals surface area contributed by atoms with Crippen LogP contribution in [0.2, 0.25) is 0 Å². The minimum atomic E-state index is -0.0199. The molecule has 3 unspecified atom stereocenters. The smallest absolute Gasteiger partial charge is 0.0737 e. The van der Waals surface area contributed by atoms with E-state index in [0.717, 1.165) is 12.5 Å². The summed E-state index contributed by atoms with van der Waals surface area (Å²) in [6, 6.07) is 0.562. The lowest BCUT2D eigenvalue weighted by molar-refractivity contribution is -0.0953. The Morgan fingerprint density at radius 1 is 1.19 bits per heavy atom. The van der Waals surface area contributed by atoms with Crippen molar-refractivity contribution in [3.63, 3.8) is 0 Å². The molecule has 1 saturated carbocycles. The van der Waals surface area contributed by atoms with Gasteiger partial charge in [-0.1, -0.05) is 20.3 Å². The predicted octanol–water partition coefficient (Wildman–Crippen LogP) is 3.36. The Balaban J connectivity index is 2.56. The molecule has 0 aromatic carbocycles. The number of likely N-dealkylation sites (N-methyl/N-ethyl adjacent to an activating group) is 1. The summed E-state index contributed by atoms with van der Waals surface area (Å²) in [5.41, 5.74) is -0.0199. The van der Waals surface area contributed by atoms with Gasteiger partial charge in [0.2, 0.25) is 0 Å². The van der Waals surface area contributed by atoms with Gasteiger partial charge in [0.25, 0.3) is 0 Å². The lowest BCUT2D eigenvalue weighted by Crippen LogP contribution is -2.48. The van der Waals surface area contributed by atoms with Gasteiger partial charge in [-0.3, -0.25) is 0 Å². The Morgan fingerprint density at radius 2 is 1.88 bits per heavy atom. The summed E-state index contributed by atoms with van der Waals surface area (Å²) in [7, 11) is 0. The Bertz CT molecular complexity index is 197. The molecule has 2 heteroatoms. The van der Waals surface area contributed by atoms with Crippen LogP contribution < -0.4 is 5.32 Å². The lowest BCUT2D eigenvalue weighted by atomic mass is 9.82. The second kappa shape index (κ2) is 6.02. The highest BCUT2D eigenvalue weighted by Gasteiger charge is 2.32. The fraction of sp³-hybridized carbons (Fsp3) is 1.00. The van der Waals surface area contributed by atoms with E-state index in [0.29, 0.717) is 12.1 Å². The standard InChI is InChI=1S/C14H29NO/c1-6-11-8-9-12(15-7-2)13(10-11)16-14(3,4)5/h11-13,15H,6-10H2,1-5H3. The summed E-state index contributed by atoms with van der Waals surface area (Å²) >= 11 is 0. The van der Waals surface area contributed by atoms with E-state index in [1.807, 2.05) is 0 Å². The molecule has 0 heterocycles. The van der Waals surface area contributed by atoms with Gasteiger partial charge in [-0.05, 0) is 52.5 Å². The molecule has 1 aliphatic rings. The second-order valence-corrected chi connectivity index (χ2v) is 6.02. The van der Waals surface area contributed by atoms with E-state index in [4.69, 9.17) is 4.74 Å². The molecule has 3 atom stereocenters. The van der Waals surface area contributed by atoms with Crippen molar-refractivity contribution in [3.05, 3.63) is 0 Å². The lowest BCUT2D eigenvalue weighted by Gasteiger charge is -2.39. The highest BCUT2D eigenvalue weighted by atomic mass is 16.5. The van der Waals surface area contributed by atoms with Crippen molar-refractivity contribution in [1.29, 1.82) is 0 Å².